The van der Waals surface area contributed by atoms with E-state index in [0.717, 1.165) is 13.5 Å². The van der Waals surface area contributed by atoms with Crippen LogP contribution in [0.5, 0.6) is 0 Å². The summed E-state index contributed by atoms with van der Waals surface area (Å²) < 4.78 is 60.7. The molecule has 0 spiro atoms. The van der Waals surface area contributed by atoms with Gasteiger partial charge in [-0.1, -0.05) is 24.3 Å². The Kier molecular flexibility index (Phi) is 8.58. The third kappa shape index (κ3) is 6.79. The van der Waals surface area contributed by atoms with E-state index in [4.69, 9.17) is 4.42 Å². The third-order valence-corrected chi connectivity index (χ3v) is 11.4. The van der Waals surface area contributed by atoms with Crippen LogP contribution >= 0.6 is 0 Å². The van der Waals surface area contributed by atoms with Crippen LogP contribution in [0.4, 0.5) is 11.4 Å². The van der Waals surface area contributed by atoms with Gasteiger partial charge in [-0.25, -0.2) is 29.8 Å². The van der Waals surface area contributed by atoms with Crippen molar-refractivity contribution in [2.75, 3.05) is 10.6 Å². The van der Waals surface area contributed by atoms with E-state index >= 15 is 0 Å². The summed E-state index contributed by atoms with van der Waals surface area (Å²) in [5, 5.41) is 6.01. The van der Waals surface area contributed by atoms with Crippen LogP contribution < -0.4 is 10.6 Å². The van der Waals surface area contributed by atoms with Crippen LogP contribution in [0.3, 0.4) is 0 Å². The molecule has 0 radical (unpaired) electrons. The summed E-state index contributed by atoms with van der Waals surface area (Å²) in [6.07, 6.45) is 7.28. The molecule has 0 bridgehead atoms. The Morgan fingerprint density at radius 3 is 2.27 bits per heavy atom. The number of aryl methyl sites for hydroxylation is 1. The summed E-state index contributed by atoms with van der Waals surface area (Å²) >= 11 is 0. The summed E-state index contributed by atoms with van der Waals surface area (Å²) in [4.78, 5) is 34.2. The molecule has 5 heterocycles. The number of carbonyl (C=O) groups excluding carboxylic acids is 2. The Morgan fingerprint density at radius 1 is 0.745 bits per heavy atom. The maximum atomic E-state index is 13.5. The number of aromatic nitrogens is 4. The number of amides is 2. The zero-order valence-electron chi connectivity index (χ0n) is 26.8. The van der Waals surface area contributed by atoms with Crippen molar-refractivity contribution in [2.24, 2.45) is 0 Å². The molecule has 0 saturated heterocycles. The van der Waals surface area contributed by atoms with E-state index in [-0.39, 0.29) is 26.9 Å². The molecule has 0 fully saturated rings. The molecule has 13 nitrogen and oxygen atoms in total. The summed E-state index contributed by atoms with van der Waals surface area (Å²) in [7, 11) is -7.90. The minimum atomic E-state index is -3.98. The predicted octanol–water partition coefficient (Wildman–Crippen LogP) is 5.70. The van der Waals surface area contributed by atoms with Gasteiger partial charge < -0.3 is 15.1 Å². The average Bonchev–Trinajstić information content (AvgIpc) is 3.89. The standard InChI is InChI=1S/C36H28N6O7S2/c1-24-19-29(40-35(43)32-6-2-3-16-37-32)23-42(24)51(47,48)30-10-8-25(9-11-30)20-27-5-4-7-33(38-27)36(44)39-28-14-17-41(22-28)50(45,46)31-12-13-34-26(21-31)15-18-49-34/h2-19,21-23H,20H2,1H3,(H,39,44)(H,40,43). The highest BCUT2D eigenvalue weighted by molar-refractivity contribution is 7.90. The van der Waals surface area contributed by atoms with Crippen LogP contribution in [-0.2, 0) is 26.5 Å². The molecular weight excluding hydrogens is 693 g/mol. The lowest BCUT2D eigenvalue weighted by molar-refractivity contribution is 0.101. The minimum absolute atomic E-state index is 0.0459. The highest BCUT2D eigenvalue weighted by Gasteiger charge is 2.21. The molecule has 0 unspecified atom stereocenters. The number of benzene rings is 2. The van der Waals surface area contributed by atoms with Gasteiger partial charge in [-0.3, -0.25) is 14.6 Å². The van der Waals surface area contributed by atoms with Crippen molar-refractivity contribution >= 4 is 54.2 Å². The van der Waals surface area contributed by atoms with Crippen LogP contribution in [-0.4, -0.2) is 46.6 Å². The number of nitrogens with zero attached hydrogens (tertiary/aromatic N) is 4. The van der Waals surface area contributed by atoms with Crippen molar-refractivity contribution in [3.8, 4) is 0 Å². The molecule has 5 aromatic heterocycles. The van der Waals surface area contributed by atoms with Gasteiger partial charge in [0.1, 0.15) is 17.0 Å². The van der Waals surface area contributed by atoms with Crippen LogP contribution in [0.1, 0.15) is 37.9 Å². The fourth-order valence-corrected chi connectivity index (χ4v) is 8.03. The van der Waals surface area contributed by atoms with E-state index in [1.165, 1.54) is 67.4 Å². The first kappa shape index (κ1) is 33.2. The molecule has 15 heteroatoms. The number of furan rings is 1. The molecule has 2 N–H and O–H groups in total. The molecule has 51 heavy (non-hydrogen) atoms. The largest absolute Gasteiger partial charge is 0.464 e. The maximum Gasteiger partial charge on any atom is 0.274 e. The van der Waals surface area contributed by atoms with Gasteiger partial charge in [0, 0.05) is 48.0 Å². The lowest BCUT2D eigenvalue weighted by Crippen LogP contribution is -2.15. The second kappa shape index (κ2) is 13.2. The molecule has 2 aromatic carbocycles. The van der Waals surface area contributed by atoms with Gasteiger partial charge in [0.15, 0.2) is 0 Å². The van der Waals surface area contributed by atoms with Crippen LogP contribution in [0.25, 0.3) is 11.0 Å². The number of hydrogen-bond donors (Lipinski definition) is 2. The van der Waals surface area contributed by atoms with Crippen molar-refractivity contribution in [3.63, 3.8) is 0 Å². The summed E-state index contributed by atoms with van der Waals surface area (Å²) in [6, 6.07) is 25.4. The number of rotatable bonds is 10. The highest BCUT2D eigenvalue weighted by Crippen LogP contribution is 2.25. The number of carbonyl (C=O) groups is 2. The van der Waals surface area contributed by atoms with Gasteiger partial charge in [-0.2, -0.15) is 0 Å². The van der Waals surface area contributed by atoms with Crippen LogP contribution in [0, 0.1) is 6.92 Å². The van der Waals surface area contributed by atoms with E-state index in [1.54, 1.807) is 67.6 Å². The number of nitrogens with one attached hydrogen (secondary N) is 2. The minimum Gasteiger partial charge on any atom is -0.464 e. The Hall–Kier alpha value is -6.32. The number of anilines is 2. The molecule has 2 amide bonds. The Labute approximate surface area is 292 Å². The zero-order valence-corrected chi connectivity index (χ0v) is 28.4. The van der Waals surface area contributed by atoms with E-state index < -0.39 is 31.9 Å². The Bertz CT molecular complexity index is 2650. The number of hydrogen-bond acceptors (Lipinski definition) is 9. The van der Waals surface area contributed by atoms with Gasteiger partial charge in [0.05, 0.1) is 27.4 Å². The van der Waals surface area contributed by atoms with Crippen molar-refractivity contribution in [3.05, 3.63) is 156 Å². The molecule has 256 valence electrons. The molecule has 0 aliphatic carbocycles. The molecule has 7 rings (SSSR count). The molecule has 0 saturated carbocycles. The molecular formula is C36H28N6O7S2. The first-order chi connectivity index (χ1) is 24.5. The molecule has 0 atom stereocenters. The normalized spacial score (nSPS) is 11.8. The number of fused-ring (bicyclic) bond motifs is 1. The van der Waals surface area contributed by atoms with Gasteiger partial charge in [-0.05, 0) is 85.3 Å². The van der Waals surface area contributed by atoms with Crippen molar-refractivity contribution in [2.45, 2.75) is 23.1 Å². The lowest BCUT2D eigenvalue weighted by Gasteiger charge is -2.09. The Balaban J connectivity index is 1.01. The topological polar surface area (TPSA) is 175 Å². The Morgan fingerprint density at radius 2 is 1.49 bits per heavy atom. The van der Waals surface area contributed by atoms with Crippen molar-refractivity contribution < 1.29 is 30.8 Å². The SMILES string of the molecule is Cc1cc(NC(=O)c2ccccn2)cn1S(=O)(=O)c1ccc(Cc2cccc(C(=O)Nc3ccn(S(=O)(=O)c4ccc5occc5c4)c3)n2)cc1. The summed E-state index contributed by atoms with van der Waals surface area (Å²) in [5.41, 5.74) is 3.16. The zero-order chi connectivity index (χ0) is 35.8. The first-order valence-corrected chi connectivity index (χ1v) is 18.3. The van der Waals surface area contributed by atoms with Gasteiger partial charge in [0.25, 0.3) is 31.9 Å². The monoisotopic (exact) mass is 720 g/mol. The van der Waals surface area contributed by atoms with Crippen molar-refractivity contribution in [1.29, 1.82) is 0 Å². The van der Waals surface area contributed by atoms with E-state index in [0.29, 0.717) is 34.5 Å². The molecule has 0 aliphatic heterocycles. The second-order valence-electron chi connectivity index (χ2n) is 11.5. The molecule has 0 aliphatic rings. The van der Waals surface area contributed by atoms with E-state index in [2.05, 4.69) is 20.6 Å². The summed E-state index contributed by atoms with van der Waals surface area (Å²) in [5.74, 6) is -0.999. The number of pyridine rings is 2. The second-order valence-corrected chi connectivity index (χ2v) is 15.1. The fraction of sp³-hybridized carbons (Fsp3) is 0.0556. The van der Waals surface area contributed by atoms with E-state index in [1.807, 2.05) is 0 Å². The predicted molar refractivity (Wildman–Crippen MR) is 189 cm³/mol. The first-order valence-electron chi connectivity index (χ1n) is 15.4. The molecule has 7 aromatic rings. The average molecular weight is 721 g/mol. The van der Waals surface area contributed by atoms with Gasteiger partial charge in [-0.15, -0.1) is 0 Å². The van der Waals surface area contributed by atoms with Gasteiger partial charge >= 0.3 is 0 Å². The maximum absolute atomic E-state index is 13.5. The van der Waals surface area contributed by atoms with Gasteiger partial charge in [0.2, 0.25) is 0 Å². The van der Waals surface area contributed by atoms with Crippen molar-refractivity contribution in [1.82, 2.24) is 17.9 Å². The summed E-state index contributed by atoms with van der Waals surface area (Å²) in [6.45, 7) is 1.62. The smallest absolute Gasteiger partial charge is 0.274 e. The fourth-order valence-electron chi connectivity index (χ4n) is 5.40. The van der Waals surface area contributed by atoms with Crippen LogP contribution in [0.15, 0.2) is 142 Å². The lowest BCUT2D eigenvalue weighted by atomic mass is 10.1. The van der Waals surface area contributed by atoms with Crippen LogP contribution in [0.2, 0.25) is 0 Å². The van der Waals surface area contributed by atoms with E-state index in [9.17, 15) is 26.4 Å². The third-order valence-electron chi connectivity index (χ3n) is 7.95. The highest BCUT2D eigenvalue weighted by atomic mass is 32.2. The quantitative estimate of drug-likeness (QED) is 0.179.